The highest BCUT2D eigenvalue weighted by molar-refractivity contribution is 5.92. The van der Waals surface area contributed by atoms with Crippen LogP contribution < -0.4 is 30.7 Å². The number of nitrogen functional groups attached to an aromatic ring is 1. The lowest BCUT2D eigenvalue weighted by Crippen LogP contribution is -2.49. The maximum Gasteiger partial charge on any atom is 0.289 e. The Morgan fingerprint density at radius 1 is 1.00 bits per heavy atom. The number of methoxy groups -OCH3 is 2. The second-order valence-corrected chi connectivity index (χ2v) is 12.9. The molecule has 1 amide bonds. The quantitative estimate of drug-likeness (QED) is 0.0601. The number of benzene rings is 2. The van der Waals surface area contributed by atoms with Crippen LogP contribution in [0.2, 0.25) is 0 Å². The number of aromatic amines is 1. The average molecular weight is 764 g/mol. The van der Waals surface area contributed by atoms with Gasteiger partial charge in [0.1, 0.15) is 11.6 Å². The van der Waals surface area contributed by atoms with E-state index in [0.717, 1.165) is 36.2 Å². The molecule has 1 aliphatic heterocycles. The molecule has 1 unspecified atom stereocenters. The van der Waals surface area contributed by atoms with Crippen LogP contribution in [-0.4, -0.2) is 95.2 Å². The van der Waals surface area contributed by atoms with E-state index in [1.165, 1.54) is 18.4 Å². The van der Waals surface area contributed by atoms with Crippen LogP contribution in [0.1, 0.15) is 46.3 Å². The third-order valence-corrected chi connectivity index (χ3v) is 9.33. The molecule has 0 aliphatic carbocycles. The number of piperazine rings is 1. The number of halogens is 1. The zero-order chi connectivity index (χ0) is 39.3. The molecule has 15 nitrogen and oxygen atoms in total. The van der Waals surface area contributed by atoms with Gasteiger partial charge in [0.15, 0.2) is 23.2 Å². The molecule has 0 bridgehead atoms. The van der Waals surface area contributed by atoms with Gasteiger partial charge in [0.2, 0.25) is 5.95 Å². The van der Waals surface area contributed by atoms with Crippen molar-refractivity contribution in [1.29, 1.82) is 5.41 Å². The highest BCUT2D eigenvalue weighted by Crippen LogP contribution is 2.34. The van der Waals surface area contributed by atoms with E-state index >= 15 is 0 Å². The van der Waals surface area contributed by atoms with Gasteiger partial charge >= 0.3 is 0 Å². The van der Waals surface area contributed by atoms with E-state index in [0.29, 0.717) is 85.2 Å². The smallest absolute Gasteiger partial charge is 0.289 e. The first kappa shape index (κ1) is 39.0. The number of hydrogen-bond donors (Lipinski definition) is 5. The van der Waals surface area contributed by atoms with Crippen LogP contribution >= 0.6 is 0 Å². The van der Waals surface area contributed by atoms with Crippen LogP contribution in [0.4, 0.5) is 16.2 Å². The molecule has 6 aromatic rings. The standard InChI is InChI=1S/C21H25FN6.C19H21N5O4/c22-17-8-6-16(7-9-17)19(20-5-1-2-11-25-20)10-13-27-21(23)26-12-3-4-18-14-24-15-28-18;1-26-15-10-12-13(11-16(15)27-2)21-19(22-17(12)20)24-7-5-23(6-8-24)18(25)14-4-3-9-28-14/h1-2,5-9,11,14-15,19H,3-4,10,12-13H2,(H,24,28)(H3,23,26,27);3-4,9-11H,5-8H2,1-2H3,(H2,20,21,22). The van der Waals surface area contributed by atoms with Gasteiger partial charge < -0.3 is 45.0 Å². The van der Waals surface area contributed by atoms with Crippen molar-refractivity contribution in [2.45, 2.75) is 25.2 Å². The van der Waals surface area contributed by atoms with Crippen LogP contribution in [0.25, 0.3) is 10.9 Å². The first-order chi connectivity index (χ1) is 27.3. The van der Waals surface area contributed by atoms with Crippen LogP contribution in [0.15, 0.2) is 96.1 Å². The van der Waals surface area contributed by atoms with Crippen molar-refractivity contribution >= 4 is 34.5 Å². The monoisotopic (exact) mass is 763 g/mol. The number of anilines is 2. The summed E-state index contributed by atoms with van der Waals surface area (Å²) in [5.41, 5.74) is 9.89. The number of rotatable bonds is 13. The Labute approximate surface area is 324 Å². The van der Waals surface area contributed by atoms with Gasteiger partial charge in [-0.1, -0.05) is 18.2 Å². The second-order valence-electron chi connectivity index (χ2n) is 12.9. The normalized spacial score (nSPS) is 13.1. The van der Waals surface area contributed by atoms with Crippen molar-refractivity contribution < 1.29 is 23.1 Å². The minimum atomic E-state index is -0.247. The molecule has 1 fully saturated rings. The number of furan rings is 1. The number of hydrogen-bond acceptors (Lipinski definition) is 11. The number of pyridine rings is 1. The van der Waals surface area contributed by atoms with E-state index in [1.807, 2.05) is 29.3 Å². The number of carbonyl (C=O) groups is 1. The number of ether oxygens (including phenoxy) is 2. The van der Waals surface area contributed by atoms with Gasteiger partial charge in [0.25, 0.3) is 5.91 Å². The predicted molar refractivity (Wildman–Crippen MR) is 212 cm³/mol. The largest absolute Gasteiger partial charge is 0.493 e. The fraction of sp³-hybridized carbons (Fsp3) is 0.300. The Bertz CT molecular complexity index is 2140. The van der Waals surface area contributed by atoms with Gasteiger partial charge in [0, 0.05) is 80.4 Å². The molecule has 2 aromatic carbocycles. The number of nitrogens with two attached hydrogens (primary N) is 1. The van der Waals surface area contributed by atoms with Gasteiger partial charge in [-0.15, -0.1) is 0 Å². The fourth-order valence-corrected chi connectivity index (χ4v) is 6.35. The Morgan fingerprint density at radius 3 is 2.45 bits per heavy atom. The molecule has 56 heavy (non-hydrogen) atoms. The number of nitrogens with one attached hydrogen (secondary N) is 4. The maximum atomic E-state index is 13.3. The fourth-order valence-electron chi connectivity index (χ4n) is 6.35. The predicted octanol–water partition coefficient (Wildman–Crippen LogP) is 5.00. The molecule has 0 spiro atoms. The molecule has 1 atom stereocenters. The van der Waals surface area contributed by atoms with E-state index in [9.17, 15) is 9.18 Å². The first-order valence-corrected chi connectivity index (χ1v) is 18.3. The molecular formula is C40H46FN11O4. The van der Waals surface area contributed by atoms with Crippen LogP contribution in [0.5, 0.6) is 11.5 Å². The number of aromatic nitrogens is 5. The molecule has 1 saturated heterocycles. The van der Waals surface area contributed by atoms with Gasteiger partial charge in [-0.05, 0) is 67.3 Å². The van der Waals surface area contributed by atoms with Crippen LogP contribution in [0.3, 0.4) is 0 Å². The second kappa shape index (κ2) is 19.1. The van der Waals surface area contributed by atoms with E-state index in [-0.39, 0.29) is 17.6 Å². The molecule has 1 aliphatic rings. The van der Waals surface area contributed by atoms with E-state index < -0.39 is 0 Å². The van der Waals surface area contributed by atoms with Gasteiger partial charge in [-0.2, -0.15) is 4.98 Å². The van der Waals surface area contributed by atoms with Crippen LogP contribution in [0, 0.1) is 11.2 Å². The van der Waals surface area contributed by atoms with Crippen molar-refractivity contribution in [2.24, 2.45) is 0 Å². The number of H-pyrrole nitrogens is 1. The lowest BCUT2D eigenvalue weighted by atomic mass is 9.92. The van der Waals surface area contributed by atoms with Gasteiger partial charge in [-0.25, -0.2) is 14.4 Å². The Kier molecular flexibility index (Phi) is 13.3. The Morgan fingerprint density at radius 2 is 1.77 bits per heavy atom. The lowest BCUT2D eigenvalue weighted by molar-refractivity contribution is 0.0714. The lowest BCUT2D eigenvalue weighted by Gasteiger charge is -2.34. The maximum absolute atomic E-state index is 13.3. The van der Waals surface area contributed by atoms with Crippen molar-refractivity contribution in [3.63, 3.8) is 0 Å². The number of nitrogens with zero attached hydrogens (tertiary/aromatic N) is 6. The highest BCUT2D eigenvalue weighted by Gasteiger charge is 2.26. The molecule has 4 aromatic heterocycles. The molecule has 0 saturated carbocycles. The molecule has 5 heterocycles. The minimum absolute atomic E-state index is 0.0440. The molecule has 16 heteroatoms. The van der Waals surface area contributed by atoms with Crippen molar-refractivity contribution in [2.75, 3.05) is 64.1 Å². The van der Waals surface area contributed by atoms with Crippen LogP contribution in [-0.2, 0) is 6.42 Å². The molecule has 6 N–H and O–H groups in total. The summed E-state index contributed by atoms with van der Waals surface area (Å²) in [4.78, 5) is 36.8. The van der Waals surface area contributed by atoms with E-state index in [4.69, 9.17) is 25.0 Å². The summed E-state index contributed by atoms with van der Waals surface area (Å²) in [6.45, 7) is 3.63. The number of amides is 1. The summed E-state index contributed by atoms with van der Waals surface area (Å²) in [7, 11) is 3.14. The zero-order valence-electron chi connectivity index (χ0n) is 31.4. The summed E-state index contributed by atoms with van der Waals surface area (Å²) in [6.07, 6.45) is 9.31. The Hall–Kier alpha value is -6.71. The number of fused-ring (bicyclic) bond motifs is 1. The number of imidazole rings is 1. The summed E-state index contributed by atoms with van der Waals surface area (Å²) < 4.78 is 29.1. The summed E-state index contributed by atoms with van der Waals surface area (Å²) in [5, 5.41) is 14.9. The third kappa shape index (κ3) is 10.1. The molecule has 292 valence electrons. The summed E-state index contributed by atoms with van der Waals surface area (Å²) in [6, 6.07) is 19.3. The summed E-state index contributed by atoms with van der Waals surface area (Å²) >= 11 is 0. The van der Waals surface area contributed by atoms with E-state index in [1.54, 1.807) is 68.0 Å². The van der Waals surface area contributed by atoms with Crippen molar-refractivity contribution in [3.8, 4) is 11.5 Å². The van der Waals surface area contributed by atoms with Gasteiger partial charge in [-0.3, -0.25) is 15.2 Å². The van der Waals surface area contributed by atoms with E-state index in [2.05, 4.69) is 35.6 Å². The average Bonchev–Trinajstić information content (AvgIpc) is 3.97. The molecule has 7 rings (SSSR count). The third-order valence-electron chi connectivity index (χ3n) is 9.33. The molecular weight excluding hydrogens is 718 g/mol. The first-order valence-electron chi connectivity index (χ1n) is 18.3. The minimum Gasteiger partial charge on any atom is -0.493 e. The van der Waals surface area contributed by atoms with Gasteiger partial charge in [0.05, 0.1) is 32.3 Å². The SMILES string of the molecule is COc1cc2nc(N3CCN(C(=O)c4ccco4)CC3)nc(N)c2cc1OC.N=C(NCCCc1cnc[nH]1)NCCC(c1ccc(F)cc1)c1ccccn1. The highest BCUT2D eigenvalue weighted by atomic mass is 19.1. The topological polar surface area (TPSA) is 196 Å². The Balaban J connectivity index is 0.000000190. The molecule has 0 radical (unpaired) electrons. The van der Waals surface area contributed by atoms with Crippen molar-refractivity contribution in [1.82, 2.24) is 40.5 Å². The van der Waals surface area contributed by atoms with Crippen molar-refractivity contribution in [3.05, 3.63) is 120 Å². The number of carbonyl (C=O) groups excluding carboxylic acids is 1. The summed E-state index contributed by atoms with van der Waals surface area (Å²) in [5.74, 6) is 2.39. The number of guanidine groups is 1. The zero-order valence-corrected chi connectivity index (χ0v) is 31.4. The number of aryl methyl sites for hydroxylation is 1.